The first kappa shape index (κ1) is 22.1. The molecule has 2 aromatic rings. The van der Waals surface area contributed by atoms with Gasteiger partial charge < -0.3 is 10.2 Å². The summed E-state index contributed by atoms with van der Waals surface area (Å²) in [7, 11) is 0. The fourth-order valence-corrected chi connectivity index (χ4v) is 4.87. The molecule has 2 atom stereocenters. The summed E-state index contributed by atoms with van der Waals surface area (Å²) in [5.74, 6) is -0.0475. The number of rotatable bonds is 4. The number of piperidine rings is 1. The molecule has 6 nitrogen and oxygen atoms in total. The maximum absolute atomic E-state index is 13.6. The number of benzene rings is 2. The number of nitrogens with one attached hydrogen (secondary N) is 1. The highest BCUT2D eigenvalue weighted by Gasteiger charge is 2.43. The summed E-state index contributed by atoms with van der Waals surface area (Å²) >= 11 is 6.15. The highest BCUT2D eigenvalue weighted by Crippen LogP contribution is 2.38. The number of hydrogen-bond donors (Lipinski definition) is 1. The van der Waals surface area contributed by atoms with Crippen LogP contribution in [-0.4, -0.2) is 35.7 Å². The van der Waals surface area contributed by atoms with Crippen LogP contribution in [0.1, 0.15) is 32.8 Å². The number of anilines is 2. The lowest BCUT2D eigenvalue weighted by Gasteiger charge is -2.37. The predicted molar refractivity (Wildman–Crippen MR) is 126 cm³/mol. The van der Waals surface area contributed by atoms with Crippen LogP contribution in [0, 0.1) is 11.8 Å². The largest absolute Gasteiger partial charge is 0.366 e. The molecule has 0 bridgehead atoms. The standard InChI is InChI=1S/C25H26ClN3O3/c1-15-11-16(2)14-28(13-15)23-22(18-7-9-20(10-8-18)27-17(3)30)24(31)29(25(23)32)21-6-4-5-19(26)12-21/h4-10,12,15-16H,11,13-14H2,1-3H3,(H,27,30). The van der Waals surface area contributed by atoms with Crippen molar-refractivity contribution in [2.45, 2.75) is 27.2 Å². The van der Waals surface area contributed by atoms with Crippen molar-refractivity contribution in [2.75, 3.05) is 23.3 Å². The van der Waals surface area contributed by atoms with Crippen LogP contribution in [0.5, 0.6) is 0 Å². The lowest BCUT2D eigenvalue weighted by atomic mass is 9.91. The molecule has 3 amide bonds. The Morgan fingerprint density at radius 1 is 1.00 bits per heavy atom. The number of carbonyl (C=O) groups excluding carboxylic acids is 3. The zero-order valence-corrected chi connectivity index (χ0v) is 19.1. The first-order valence-corrected chi connectivity index (χ1v) is 11.1. The zero-order valence-electron chi connectivity index (χ0n) is 18.4. The Kier molecular flexibility index (Phi) is 6.07. The molecule has 2 aromatic carbocycles. The Balaban J connectivity index is 1.80. The molecule has 0 aromatic heterocycles. The van der Waals surface area contributed by atoms with E-state index in [0.29, 0.717) is 45.1 Å². The number of nitrogens with zero attached hydrogens (tertiary/aromatic N) is 2. The summed E-state index contributed by atoms with van der Waals surface area (Å²) in [5.41, 5.74) is 2.54. The minimum atomic E-state index is -0.370. The molecule has 166 valence electrons. The lowest BCUT2D eigenvalue weighted by Crippen LogP contribution is -2.42. The number of likely N-dealkylation sites (tertiary alicyclic amines) is 1. The van der Waals surface area contributed by atoms with Crippen LogP contribution in [0.2, 0.25) is 5.02 Å². The van der Waals surface area contributed by atoms with E-state index < -0.39 is 0 Å². The second-order valence-corrected chi connectivity index (χ2v) is 9.20. The van der Waals surface area contributed by atoms with Crippen LogP contribution in [0.4, 0.5) is 11.4 Å². The average molecular weight is 452 g/mol. The summed E-state index contributed by atoms with van der Waals surface area (Å²) < 4.78 is 0. The van der Waals surface area contributed by atoms with Crippen LogP contribution in [0.15, 0.2) is 54.2 Å². The summed E-state index contributed by atoms with van der Waals surface area (Å²) in [6.45, 7) is 7.21. The molecule has 7 heteroatoms. The van der Waals surface area contributed by atoms with Gasteiger partial charge in [-0.2, -0.15) is 0 Å². The van der Waals surface area contributed by atoms with Gasteiger partial charge in [0, 0.05) is 30.7 Å². The van der Waals surface area contributed by atoms with Gasteiger partial charge >= 0.3 is 0 Å². The van der Waals surface area contributed by atoms with Gasteiger partial charge in [0.15, 0.2) is 0 Å². The van der Waals surface area contributed by atoms with Crippen molar-refractivity contribution in [3.05, 3.63) is 64.8 Å². The highest BCUT2D eigenvalue weighted by atomic mass is 35.5. The van der Waals surface area contributed by atoms with Gasteiger partial charge in [-0.25, -0.2) is 4.90 Å². The third-order valence-electron chi connectivity index (χ3n) is 5.80. The van der Waals surface area contributed by atoms with Crippen LogP contribution in [-0.2, 0) is 14.4 Å². The van der Waals surface area contributed by atoms with E-state index in [-0.39, 0.29) is 17.7 Å². The van der Waals surface area contributed by atoms with Gasteiger partial charge in [0.25, 0.3) is 11.8 Å². The molecule has 32 heavy (non-hydrogen) atoms. The van der Waals surface area contributed by atoms with Gasteiger partial charge in [-0.1, -0.05) is 43.6 Å². The van der Waals surface area contributed by atoms with Gasteiger partial charge in [0.1, 0.15) is 5.70 Å². The summed E-state index contributed by atoms with van der Waals surface area (Å²) in [6.07, 6.45) is 1.09. The van der Waals surface area contributed by atoms with Gasteiger partial charge in [0.2, 0.25) is 5.91 Å². The maximum Gasteiger partial charge on any atom is 0.282 e. The smallest absolute Gasteiger partial charge is 0.282 e. The number of halogens is 1. The third kappa shape index (κ3) is 4.28. The Morgan fingerprint density at radius 2 is 1.66 bits per heavy atom. The van der Waals surface area contributed by atoms with Crippen molar-refractivity contribution in [3.63, 3.8) is 0 Å². The fraction of sp³-hybridized carbons (Fsp3) is 0.320. The van der Waals surface area contributed by atoms with Crippen LogP contribution >= 0.6 is 11.6 Å². The molecule has 0 radical (unpaired) electrons. The molecule has 1 saturated heterocycles. The minimum absolute atomic E-state index is 0.173. The van der Waals surface area contributed by atoms with Crippen molar-refractivity contribution >= 4 is 46.3 Å². The molecule has 0 aliphatic carbocycles. The second kappa shape index (κ2) is 8.79. The minimum Gasteiger partial charge on any atom is -0.366 e. The van der Waals surface area contributed by atoms with Crippen LogP contribution in [0.25, 0.3) is 5.57 Å². The van der Waals surface area contributed by atoms with Gasteiger partial charge in [-0.15, -0.1) is 0 Å². The monoisotopic (exact) mass is 451 g/mol. The number of amides is 3. The Labute approximate surface area is 192 Å². The number of imide groups is 1. The topological polar surface area (TPSA) is 69.7 Å². The first-order chi connectivity index (χ1) is 15.2. The molecule has 2 unspecified atom stereocenters. The van der Waals surface area contributed by atoms with Crippen molar-refractivity contribution in [2.24, 2.45) is 11.8 Å². The van der Waals surface area contributed by atoms with Crippen molar-refractivity contribution in [1.29, 1.82) is 0 Å². The van der Waals surface area contributed by atoms with Crippen LogP contribution in [0.3, 0.4) is 0 Å². The zero-order chi connectivity index (χ0) is 23.0. The van der Waals surface area contributed by atoms with Gasteiger partial charge in [0.05, 0.1) is 11.3 Å². The molecule has 1 fully saturated rings. The summed E-state index contributed by atoms with van der Waals surface area (Å²) in [6, 6.07) is 13.8. The predicted octanol–water partition coefficient (Wildman–Crippen LogP) is 4.56. The average Bonchev–Trinajstić information content (AvgIpc) is 2.97. The van der Waals surface area contributed by atoms with Crippen molar-refractivity contribution < 1.29 is 14.4 Å². The Bertz CT molecular complexity index is 1100. The van der Waals surface area contributed by atoms with E-state index in [0.717, 1.165) is 19.5 Å². The molecule has 0 saturated carbocycles. The molecule has 2 heterocycles. The van der Waals surface area contributed by atoms with Crippen molar-refractivity contribution in [3.8, 4) is 0 Å². The molecule has 2 aliphatic heterocycles. The summed E-state index contributed by atoms with van der Waals surface area (Å²) in [5, 5.41) is 3.18. The molecule has 4 rings (SSSR count). The van der Waals surface area contributed by atoms with E-state index in [1.54, 1.807) is 48.5 Å². The third-order valence-corrected chi connectivity index (χ3v) is 6.04. The second-order valence-electron chi connectivity index (χ2n) is 8.76. The first-order valence-electron chi connectivity index (χ1n) is 10.8. The Morgan fingerprint density at radius 3 is 2.25 bits per heavy atom. The van der Waals surface area contributed by atoms with E-state index in [9.17, 15) is 14.4 Å². The van der Waals surface area contributed by atoms with Gasteiger partial charge in [-0.05, 0) is 54.2 Å². The van der Waals surface area contributed by atoms with E-state index in [4.69, 9.17) is 11.6 Å². The molecule has 0 spiro atoms. The van der Waals surface area contributed by atoms with Crippen LogP contribution < -0.4 is 10.2 Å². The fourth-order valence-electron chi connectivity index (χ4n) is 4.69. The maximum atomic E-state index is 13.6. The van der Waals surface area contributed by atoms with Crippen molar-refractivity contribution in [1.82, 2.24) is 4.90 Å². The molecular weight excluding hydrogens is 426 g/mol. The van der Waals surface area contributed by atoms with E-state index in [1.807, 2.05) is 0 Å². The van der Waals surface area contributed by atoms with Gasteiger partial charge in [-0.3, -0.25) is 14.4 Å². The number of hydrogen-bond acceptors (Lipinski definition) is 4. The molecule has 2 aliphatic rings. The SMILES string of the molecule is CC(=O)Nc1ccc(C2=C(N3CC(C)CC(C)C3)C(=O)N(c3cccc(Cl)c3)C2=O)cc1. The lowest BCUT2D eigenvalue weighted by molar-refractivity contribution is -0.121. The normalized spacial score (nSPS) is 21.4. The highest BCUT2D eigenvalue weighted by molar-refractivity contribution is 6.45. The van der Waals surface area contributed by atoms with E-state index in [2.05, 4.69) is 24.1 Å². The van der Waals surface area contributed by atoms with E-state index >= 15 is 0 Å². The summed E-state index contributed by atoms with van der Waals surface area (Å²) in [4.78, 5) is 41.9. The number of carbonyl (C=O) groups is 3. The quantitative estimate of drug-likeness (QED) is 0.692. The van der Waals surface area contributed by atoms with E-state index in [1.165, 1.54) is 11.8 Å². The molecule has 1 N–H and O–H groups in total. The molecular formula is C25H26ClN3O3. The Hall–Kier alpha value is -3.12.